The Bertz CT molecular complexity index is 266. The number of nitrogens with two attached hydrogens (primary N) is 1. The van der Waals surface area contributed by atoms with Crippen LogP contribution in [0.25, 0.3) is 0 Å². The molecule has 2 heterocycles. The van der Waals surface area contributed by atoms with Crippen molar-refractivity contribution in [1.82, 2.24) is 9.88 Å². The first-order valence-electron chi connectivity index (χ1n) is 4.77. The molecule has 1 aromatic rings. The standard InChI is InChI=1S/C9H15N3O/c10-8-7-13-9(11-8)6-12-4-2-1-3-5-12/h7H,1-6,10H2. The van der Waals surface area contributed by atoms with E-state index in [9.17, 15) is 0 Å². The molecular formula is C9H15N3O. The van der Waals surface area contributed by atoms with E-state index in [0.717, 1.165) is 25.5 Å². The minimum Gasteiger partial charge on any atom is -0.445 e. The molecule has 13 heavy (non-hydrogen) atoms. The zero-order chi connectivity index (χ0) is 9.10. The first-order valence-corrected chi connectivity index (χ1v) is 4.77. The molecule has 4 heteroatoms. The minimum atomic E-state index is 0.479. The van der Waals surface area contributed by atoms with E-state index in [0.29, 0.717) is 5.82 Å². The summed E-state index contributed by atoms with van der Waals surface area (Å²) in [7, 11) is 0. The smallest absolute Gasteiger partial charge is 0.210 e. The summed E-state index contributed by atoms with van der Waals surface area (Å²) in [5.74, 6) is 1.21. The number of hydrogen-bond donors (Lipinski definition) is 1. The van der Waals surface area contributed by atoms with Gasteiger partial charge in [-0.15, -0.1) is 0 Å². The third-order valence-electron chi connectivity index (χ3n) is 2.38. The van der Waals surface area contributed by atoms with Gasteiger partial charge >= 0.3 is 0 Å². The molecule has 0 aliphatic carbocycles. The average molecular weight is 181 g/mol. The highest BCUT2D eigenvalue weighted by Crippen LogP contribution is 2.12. The molecule has 0 aromatic carbocycles. The van der Waals surface area contributed by atoms with Crippen LogP contribution < -0.4 is 5.73 Å². The second kappa shape index (κ2) is 3.79. The van der Waals surface area contributed by atoms with E-state index in [1.54, 1.807) is 0 Å². The summed E-state index contributed by atoms with van der Waals surface area (Å²) >= 11 is 0. The van der Waals surface area contributed by atoms with Crippen molar-refractivity contribution in [2.45, 2.75) is 25.8 Å². The number of aromatic nitrogens is 1. The van der Waals surface area contributed by atoms with Crippen molar-refractivity contribution in [3.05, 3.63) is 12.2 Å². The molecule has 4 nitrogen and oxygen atoms in total. The predicted octanol–water partition coefficient (Wildman–Crippen LogP) is 1.24. The molecule has 0 bridgehead atoms. The fraction of sp³-hybridized carbons (Fsp3) is 0.667. The normalized spacial score (nSPS) is 19.1. The van der Waals surface area contributed by atoms with Crippen molar-refractivity contribution >= 4 is 5.82 Å². The predicted molar refractivity (Wildman–Crippen MR) is 50.0 cm³/mol. The van der Waals surface area contributed by atoms with Crippen LogP contribution in [0.5, 0.6) is 0 Å². The van der Waals surface area contributed by atoms with E-state index < -0.39 is 0 Å². The summed E-state index contributed by atoms with van der Waals surface area (Å²) in [6.45, 7) is 3.11. The van der Waals surface area contributed by atoms with Gasteiger partial charge in [-0.25, -0.2) is 0 Å². The van der Waals surface area contributed by atoms with Gasteiger partial charge in [0.2, 0.25) is 5.89 Å². The Kier molecular flexibility index (Phi) is 2.49. The molecule has 0 atom stereocenters. The molecule has 72 valence electrons. The number of piperidine rings is 1. The highest BCUT2D eigenvalue weighted by Gasteiger charge is 2.12. The van der Waals surface area contributed by atoms with Crippen LogP contribution in [0.2, 0.25) is 0 Å². The van der Waals surface area contributed by atoms with Gasteiger partial charge < -0.3 is 10.2 Å². The summed E-state index contributed by atoms with van der Waals surface area (Å²) in [5, 5.41) is 0. The van der Waals surface area contributed by atoms with Crippen LogP contribution in [0.1, 0.15) is 25.2 Å². The zero-order valence-corrected chi connectivity index (χ0v) is 7.70. The van der Waals surface area contributed by atoms with Gasteiger partial charge in [-0.3, -0.25) is 4.90 Å². The third kappa shape index (κ3) is 2.21. The van der Waals surface area contributed by atoms with Crippen molar-refractivity contribution < 1.29 is 4.42 Å². The lowest BCUT2D eigenvalue weighted by molar-refractivity contribution is 0.201. The first kappa shape index (κ1) is 8.56. The maximum Gasteiger partial charge on any atom is 0.210 e. The minimum absolute atomic E-state index is 0.479. The number of likely N-dealkylation sites (tertiary alicyclic amines) is 1. The van der Waals surface area contributed by atoms with Crippen molar-refractivity contribution in [3.8, 4) is 0 Å². The summed E-state index contributed by atoms with van der Waals surface area (Å²) in [5.41, 5.74) is 5.46. The van der Waals surface area contributed by atoms with E-state index in [4.69, 9.17) is 10.2 Å². The Morgan fingerprint density at radius 2 is 2.15 bits per heavy atom. The molecule has 1 fully saturated rings. The van der Waals surface area contributed by atoms with E-state index in [2.05, 4.69) is 9.88 Å². The third-order valence-corrected chi connectivity index (χ3v) is 2.38. The van der Waals surface area contributed by atoms with Gasteiger partial charge in [0, 0.05) is 0 Å². The Labute approximate surface area is 77.7 Å². The van der Waals surface area contributed by atoms with Crippen molar-refractivity contribution in [1.29, 1.82) is 0 Å². The molecule has 2 N–H and O–H groups in total. The lowest BCUT2D eigenvalue weighted by atomic mass is 10.1. The molecule has 0 spiro atoms. The SMILES string of the molecule is Nc1coc(CN2CCCCC2)n1. The van der Waals surface area contributed by atoms with Gasteiger partial charge in [-0.2, -0.15) is 4.98 Å². The van der Waals surface area contributed by atoms with Gasteiger partial charge in [0.25, 0.3) is 0 Å². The van der Waals surface area contributed by atoms with Crippen LogP contribution in [-0.2, 0) is 6.54 Å². The molecule has 1 aliphatic rings. The zero-order valence-electron chi connectivity index (χ0n) is 7.70. The van der Waals surface area contributed by atoms with Crippen LogP contribution in [0.3, 0.4) is 0 Å². The van der Waals surface area contributed by atoms with Crippen molar-refractivity contribution in [2.75, 3.05) is 18.8 Å². The Hall–Kier alpha value is -1.03. The molecule has 0 saturated carbocycles. The molecule has 0 amide bonds. The van der Waals surface area contributed by atoms with Crippen LogP contribution in [0.15, 0.2) is 10.7 Å². The fourth-order valence-corrected chi connectivity index (χ4v) is 1.71. The van der Waals surface area contributed by atoms with Crippen molar-refractivity contribution in [2.24, 2.45) is 0 Å². The molecule has 0 unspecified atom stereocenters. The first-order chi connectivity index (χ1) is 6.34. The Balaban J connectivity index is 1.89. The highest BCUT2D eigenvalue weighted by molar-refractivity contribution is 5.21. The van der Waals surface area contributed by atoms with Crippen LogP contribution in [-0.4, -0.2) is 23.0 Å². The van der Waals surface area contributed by atoms with E-state index >= 15 is 0 Å². The second-order valence-corrected chi connectivity index (χ2v) is 3.50. The lowest BCUT2D eigenvalue weighted by Gasteiger charge is -2.24. The second-order valence-electron chi connectivity index (χ2n) is 3.50. The summed E-state index contributed by atoms with van der Waals surface area (Å²) in [6.07, 6.45) is 5.43. The molecule has 1 aliphatic heterocycles. The maximum atomic E-state index is 5.46. The van der Waals surface area contributed by atoms with Crippen molar-refractivity contribution in [3.63, 3.8) is 0 Å². The quantitative estimate of drug-likeness (QED) is 0.745. The maximum absolute atomic E-state index is 5.46. The van der Waals surface area contributed by atoms with Gasteiger partial charge in [0.1, 0.15) is 6.26 Å². The molecule has 2 rings (SSSR count). The lowest BCUT2D eigenvalue weighted by Crippen LogP contribution is -2.29. The highest BCUT2D eigenvalue weighted by atomic mass is 16.3. The summed E-state index contributed by atoms with van der Waals surface area (Å²) < 4.78 is 5.19. The van der Waals surface area contributed by atoms with E-state index in [1.165, 1.54) is 25.5 Å². The topological polar surface area (TPSA) is 55.3 Å². The Morgan fingerprint density at radius 3 is 2.77 bits per heavy atom. The number of anilines is 1. The number of oxazole rings is 1. The molecule has 0 radical (unpaired) electrons. The van der Waals surface area contributed by atoms with Gasteiger partial charge in [0.05, 0.1) is 6.54 Å². The summed E-state index contributed by atoms with van der Waals surface area (Å²) in [4.78, 5) is 6.43. The average Bonchev–Trinajstić information content (AvgIpc) is 2.53. The number of nitrogen functional groups attached to an aromatic ring is 1. The molecule has 1 saturated heterocycles. The van der Waals surface area contributed by atoms with Crippen LogP contribution in [0.4, 0.5) is 5.82 Å². The van der Waals surface area contributed by atoms with Gasteiger partial charge in [0.15, 0.2) is 5.82 Å². The summed E-state index contributed by atoms with van der Waals surface area (Å²) in [6, 6.07) is 0. The van der Waals surface area contributed by atoms with E-state index in [-0.39, 0.29) is 0 Å². The fourth-order valence-electron chi connectivity index (χ4n) is 1.71. The Morgan fingerprint density at radius 1 is 1.38 bits per heavy atom. The molecular weight excluding hydrogens is 166 g/mol. The van der Waals surface area contributed by atoms with Crippen LogP contribution in [0, 0.1) is 0 Å². The number of nitrogens with zero attached hydrogens (tertiary/aromatic N) is 2. The number of rotatable bonds is 2. The van der Waals surface area contributed by atoms with Gasteiger partial charge in [-0.1, -0.05) is 6.42 Å². The van der Waals surface area contributed by atoms with E-state index in [1.807, 2.05) is 0 Å². The van der Waals surface area contributed by atoms with Crippen LogP contribution >= 0.6 is 0 Å². The molecule has 1 aromatic heterocycles. The van der Waals surface area contributed by atoms with Gasteiger partial charge in [-0.05, 0) is 25.9 Å². The number of hydrogen-bond acceptors (Lipinski definition) is 4. The monoisotopic (exact) mass is 181 g/mol. The largest absolute Gasteiger partial charge is 0.445 e.